The van der Waals surface area contributed by atoms with E-state index in [1.807, 2.05) is 4.90 Å². The van der Waals surface area contributed by atoms with Gasteiger partial charge in [0.05, 0.1) is 13.1 Å². The number of amides is 1. The van der Waals surface area contributed by atoms with Crippen LogP contribution in [0.25, 0.3) is 0 Å². The fourth-order valence-electron chi connectivity index (χ4n) is 4.12. The Labute approximate surface area is 150 Å². The highest BCUT2D eigenvalue weighted by Crippen LogP contribution is 2.31. The standard InChI is InChI=1S/C20H28N4O/c1-14(2)12-19-17-7-5-4-6-16(17)18(13-21)20(22-19)24-10-8-23(9-11-24)15(3)25/h14H,4-12H2,1-3H3/p+1. The number of carbonyl (C=O) groups excluding carboxylic acids is 1. The summed E-state index contributed by atoms with van der Waals surface area (Å²) in [5.41, 5.74) is 4.81. The van der Waals surface area contributed by atoms with Crippen molar-refractivity contribution < 1.29 is 9.78 Å². The first kappa shape index (κ1) is 17.7. The van der Waals surface area contributed by atoms with Crippen LogP contribution in [0.3, 0.4) is 0 Å². The Hall–Kier alpha value is -2.09. The Bertz CT molecular complexity index is 697. The van der Waals surface area contributed by atoms with E-state index in [9.17, 15) is 10.1 Å². The van der Waals surface area contributed by atoms with Gasteiger partial charge in [0.25, 0.3) is 5.82 Å². The molecule has 134 valence electrons. The van der Waals surface area contributed by atoms with Crippen molar-refractivity contribution in [2.24, 2.45) is 5.92 Å². The second-order valence-electron chi connectivity index (χ2n) is 7.69. The summed E-state index contributed by atoms with van der Waals surface area (Å²) in [6.07, 6.45) is 5.51. The molecule has 1 aromatic heterocycles. The first-order chi connectivity index (χ1) is 12.0. The molecular formula is C20H29N4O+. The summed E-state index contributed by atoms with van der Waals surface area (Å²) in [6.45, 7) is 9.13. The third-order valence-electron chi connectivity index (χ3n) is 5.41. The van der Waals surface area contributed by atoms with E-state index in [4.69, 9.17) is 0 Å². The predicted molar refractivity (Wildman–Crippen MR) is 97.4 cm³/mol. The Morgan fingerprint density at radius 3 is 2.36 bits per heavy atom. The molecule has 2 heterocycles. The molecule has 1 N–H and O–H groups in total. The number of nitriles is 1. The molecule has 0 saturated carbocycles. The average molecular weight is 341 g/mol. The molecule has 0 aromatic carbocycles. The number of aromatic amines is 1. The lowest BCUT2D eigenvalue weighted by atomic mass is 9.85. The average Bonchev–Trinajstić information content (AvgIpc) is 2.61. The minimum Gasteiger partial charge on any atom is -0.335 e. The number of hydrogen-bond acceptors (Lipinski definition) is 3. The zero-order chi connectivity index (χ0) is 18.0. The van der Waals surface area contributed by atoms with E-state index in [-0.39, 0.29) is 5.91 Å². The molecule has 1 aliphatic heterocycles. The van der Waals surface area contributed by atoms with Crippen LogP contribution < -0.4 is 9.88 Å². The van der Waals surface area contributed by atoms with E-state index < -0.39 is 0 Å². The van der Waals surface area contributed by atoms with Crippen LogP contribution in [0.2, 0.25) is 0 Å². The normalized spacial score (nSPS) is 17.4. The smallest absolute Gasteiger partial charge is 0.293 e. The molecule has 0 unspecified atom stereocenters. The minimum absolute atomic E-state index is 0.134. The van der Waals surface area contributed by atoms with Gasteiger partial charge in [0.1, 0.15) is 30.4 Å². The molecule has 1 amide bonds. The van der Waals surface area contributed by atoms with Gasteiger partial charge in [-0.05, 0) is 42.7 Å². The molecule has 5 nitrogen and oxygen atoms in total. The van der Waals surface area contributed by atoms with Crippen molar-refractivity contribution in [3.8, 4) is 6.07 Å². The van der Waals surface area contributed by atoms with E-state index in [1.54, 1.807) is 6.92 Å². The molecule has 5 heteroatoms. The van der Waals surface area contributed by atoms with Gasteiger partial charge in [0.2, 0.25) is 5.91 Å². The lowest BCUT2D eigenvalue weighted by molar-refractivity contribution is -0.378. The number of fused-ring (bicyclic) bond motifs is 1. The number of carbonyl (C=O) groups is 1. The van der Waals surface area contributed by atoms with Gasteiger partial charge in [-0.2, -0.15) is 5.26 Å². The Morgan fingerprint density at radius 2 is 1.80 bits per heavy atom. The second-order valence-corrected chi connectivity index (χ2v) is 7.69. The van der Waals surface area contributed by atoms with Crippen LogP contribution in [0.15, 0.2) is 0 Å². The zero-order valence-corrected chi connectivity index (χ0v) is 15.7. The number of aromatic nitrogens is 1. The maximum absolute atomic E-state index is 11.6. The van der Waals surface area contributed by atoms with E-state index in [1.165, 1.54) is 29.7 Å². The summed E-state index contributed by atoms with van der Waals surface area (Å²) < 4.78 is 0. The fourth-order valence-corrected chi connectivity index (χ4v) is 4.12. The van der Waals surface area contributed by atoms with Crippen molar-refractivity contribution >= 4 is 11.7 Å². The molecule has 0 atom stereocenters. The number of nitrogens with zero attached hydrogens (tertiary/aromatic N) is 3. The molecule has 1 saturated heterocycles. The quantitative estimate of drug-likeness (QED) is 0.846. The van der Waals surface area contributed by atoms with Crippen molar-refractivity contribution in [2.45, 2.75) is 52.9 Å². The summed E-state index contributed by atoms with van der Waals surface area (Å²) in [4.78, 5) is 19.4. The Morgan fingerprint density at radius 1 is 1.16 bits per heavy atom. The Balaban J connectivity index is 1.98. The van der Waals surface area contributed by atoms with Crippen molar-refractivity contribution in [2.75, 3.05) is 31.1 Å². The van der Waals surface area contributed by atoms with E-state index in [0.29, 0.717) is 5.92 Å². The van der Waals surface area contributed by atoms with E-state index in [2.05, 4.69) is 29.8 Å². The molecule has 3 rings (SSSR count). The highest BCUT2D eigenvalue weighted by atomic mass is 16.2. The predicted octanol–water partition coefficient (Wildman–Crippen LogP) is 2.12. The van der Waals surface area contributed by atoms with Crippen LogP contribution in [0, 0.1) is 17.2 Å². The number of nitrogens with one attached hydrogen (secondary N) is 1. The van der Waals surface area contributed by atoms with Crippen molar-refractivity contribution in [3.63, 3.8) is 0 Å². The maximum atomic E-state index is 11.6. The van der Waals surface area contributed by atoms with Crippen molar-refractivity contribution in [1.82, 2.24) is 4.90 Å². The molecule has 1 aromatic rings. The topological polar surface area (TPSA) is 61.5 Å². The molecule has 1 fully saturated rings. The summed E-state index contributed by atoms with van der Waals surface area (Å²) in [7, 11) is 0. The number of rotatable bonds is 3. The summed E-state index contributed by atoms with van der Waals surface area (Å²) in [5.74, 6) is 1.69. The van der Waals surface area contributed by atoms with Crippen molar-refractivity contribution in [3.05, 3.63) is 22.4 Å². The molecule has 0 spiro atoms. The molecule has 2 aliphatic rings. The summed E-state index contributed by atoms with van der Waals surface area (Å²) >= 11 is 0. The molecule has 1 aliphatic carbocycles. The molecule has 0 radical (unpaired) electrons. The highest BCUT2D eigenvalue weighted by Gasteiger charge is 2.32. The third kappa shape index (κ3) is 3.63. The number of pyridine rings is 1. The van der Waals surface area contributed by atoms with Gasteiger partial charge in [-0.15, -0.1) is 0 Å². The van der Waals surface area contributed by atoms with Crippen LogP contribution in [-0.2, 0) is 24.1 Å². The zero-order valence-electron chi connectivity index (χ0n) is 15.7. The number of piperazine rings is 1. The first-order valence-corrected chi connectivity index (χ1v) is 9.51. The minimum atomic E-state index is 0.134. The SMILES string of the molecule is CC(=O)N1CCN(c2[nH+]c(CC(C)C)c3c(c2C#N)CCCC3)CC1. The van der Waals surface area contributed by atoms with Crippen LogP contribution in [-0.4, -0.2) is 37.0 Å². The van der Waals surface area contributed by atoms with Gasteiger partial charge in [0, 0.05) is 13.3 Å². The Kier molecular flexibility index (Phi) is 5.27. The summed E-state index contributed by atoms with van der Waals surface area (Å²) in [6, 6.07) is 2.48. The van der Waals surface area contributed by atoms with Crippen LogP contribution in [0.5, 0.6) is 0 Å². The monoisotopic (exact) mass is 341 g/mol. The van der Waals surface area contributed by atoms with Gasteiger partial charge in [0.15, 0.2) is 0 Å². The van der Waals surface area contributed by atoms with Crippen LogP contribution in [0.1, 0.15) is 56.0 Å². The second kappa shape index (κ2) is 7.43. The van der Waals surface area contributed by atoms with E-state index >= 15 is 0 Å². The van der Waals surface area contributed by atoms with Gasteiger partial charge < -0.3 is 4.90 Å². The van der Waals surface area contributed by atoms with Crippen LogP contribution in [0.4, 0.5) is 5.82 Å². The lowest BCUT2D eigenvalue weighted by Crippen LogP contribution is -2.50. The van der Waals surface area contributed by atoms with E-state index in [0.717, 1.165) is 56.8 Å². The van der Waals surface area contributed by atoms with Gasteiger partial charge in [-0.1, -0.05) is 13.8 Å². The number of hydrogen-bond donors (Lipinski definition) is 0. The third-order valence-corrected chi connectivity index (χ3v) is 5.41. The lowest BCUT2D eigenvalue weighted by Gasteiger charge is -2.31. The van der Waals surface area contributed by atoms with Gasteiger partial charge in [-0.3, -0.25) is 9.69 Å². The number of anilines is 1. The number of H-pyrrole nitrogens is 1. The van der Waals surface area contributed by atoms with Gasteiger partial charge >= 0.3 is 0 Å². The largest absolute Gasteiger partial charge is 0.335 e. The first-order valence-electron chi connectivity index (χ1n) is 9.51. The van der Waals surface area contributed by atoms with Gasteiger partial charge in [-0.25, -0.2) is 4.98 Å². The van der Waals surface area contributed by atoms with Crippen LogP contribution >= 0.6 is 0 Å². The summed E-state index contributed by atoms with van der Waals surface area (Å²) in [5, 5.41) is 9.86. The molecule has 25 heavy (non-hydrogen) atoms. The molecule has 0 bridgehead atoms. The maximum Gasteiger partial charge on any atom is 0.293 e. The fraction of sp³-hybridized carbons (Fsp3) is 0.650. The molecular weight excluding hydrogens is 312 g/mol. The van der Waals surface area contributed by atoms with Crippen molar-refractivity contribution in [1.29, 1.82) is 5.26 Å². The highest BCUT2D eigenvalue weighted by molar-refractivity contribution is 5.73.